The Balaban J connectivity index is 1.21. The minimum Gasteiger partial charge on any atom is -0.280 e. The molecule has 0 N–H and O–H groups in total. The minimum atomic E-state index is -3.35. The molecule has 0 saturated heterocycles. The van der Waals surface area contributed by atoms with E-state index in [1.165, 1.54) is 0 Å². The fourth-order valence-corrected chi connectivity index (χ4v) is 5.96. The second kappa shape index (κ2) is 11.2. The molecule has 4 aromatic rings. The number of aromatic nitrogens is 5. The van der Waals surface area contributed by atoms with E-state index in [1.54, 1.807) is 0 Å². The van der Waals surface area contributed by atoms with Crippen LogP contribution in [0.25, 0.3) is 16.8 Å². The summed E-state index contributed by atoms with van der Waals surface area (Å²) in [5, 5.41) is 14.3. The largest absolute Gasteiger partial charge is 0.280 e. The third kappa shape index (κ3) is 6.00. The zero-order valence-electron chi connectivity index (χ0n) is 23.3. The van der Waals surface area contributed by atoms with Crippen LogP contribution in [-0.2, 0) is 26.4 Å². The molecule has 214 valence electrons. The maximum atomic E-state index is 11.0. The van der Waals surface area contributed by atoms with Crippen molar-refractivity contribution in [2.24, 2.45) is 4.99 Å². The van der Waals surface area contributed by atoms with E-state index in [-0.39, 0.29) is 12.1 Å². The highest BCUT2D eigenvalue weighted by atomic mass is 35.5. The van der Waals surface area contributed by atoms with E-state index in [1.807, 2.05) is 42.1 Å². The molecule has 9 nitrogen and oxygen atoms in total. The summed E-state index contributed by atoms with van der Waals surface area (Å²) in [5.74, 6) is 1.76. The quantitative estimate of drug-likeness (QED) is 0.160. The fraction of sp³-hybridized carbons (Fsp3) is 0.400. The van der Waals surface area contributed by atoms with E-state index < -0.39 is 10.1 Å². The molecule has 0 bridgehead atoms. The fourth-order valence-electron chi connectivity index (χ4n) is 5.41. The summed E-state index contributed by atoms with van der Waals surface area (Å²) in [7, 11) is -3.35. The summed E-state index contributed by atoms with van der Waals surface area (Å²) in [5.41, 5.74) is 5.79. The van der Waals surface area contributed by atoms with E-state index in [9.17, 15) is 8.42 Å². The highest BCUT2D eigenvalue weighted by Crippen LogP contribution is 2.51. The second-order valence-electron chi connectivity index (χ2n) is 10.9. The van der Waals surface area contributed by atoms with Crippen molar-refractivity contribution in [3.63, 3.8) is 0 Å². The maximum absolute atomic E-state index is 11.0. The third-order valence-electron chi connectivity index (χ3n) is 7.70. The molecule has 1 spiro atoms. The van der Waals surface area contributed by atoms with Crippen LogP contribution in [0, 0.1) is 6.92 Å². The first-order valence-corrected chi connectivity index (χ1v) is 16.2. The van der Waals surface area contributed by atoms with Crippen LogP contribution in [0.3, 0.4) is 0 Å². The Hall–Kier alpha value is -3.34. The van der Waals surface area contributed by atoms with Crippen molar-refractivity contribution < 1.29 is 12.6 Å². The van der Waals surface area contributed by atoms with Gasteiger partial charge in [-0.15, -0.1) is 10.2 Å². The van der Waals surface area contributed by atoms with Crippen molar-refractivity contribution >= 4 is 27.4 Å². The van der Waals surface area contributed by atoms with Crippen LogP contribution in [0.15, 0.2) is 59.9 Å². The molecule has 2 aliphatic rings. The zero-order chi connectivity index (χ0) is 28.6. The highest BCUT2D eigenvalue weighted by molar-refractivity contribution is 7.85. The average Bonchev–Trinajstić information content (AvgIpc) is 3.42. The molecule has 3 heterocycles. The lowest BCUT2D eigenvalue weighted by atomic mass is 9.96. The average molecular weight is 593 g/mol. The molecule has 2 aromatic heterocycles. The van der Waals surface area contributed by atoms with Crippen molar-refractivity contribution in [1.29, 1.82) is 0 Å². The molecule has 11 heteroatoms. The number of rotatable bonds is 11. The summed E-state index contributed by atoms with van der Waals surface area (Å²) < 4.78 is 31.0. The Kier molecular flexibility index (Phi) is 7.56. The number of fused-ring (bicyclic) bond motifs is 4. The summed E-state index contributed by atoms with van der Waals surface area (Å²) in [6, 6.07) is 14.4. The summed E-state index contributed by atoms with van der Waals surface area (Å²) in [6.07, 6.45) is 11.8. The summed E-state index contributed by atoms with van der Waals surface area (Å²) in [6.45, 7) is 3.07. The second-order valence-corrected chi connectivity index (χ2v) is 13.0. The van der Waals surface area contributed by atoms with E-state index in [2.05, 4.69) is 44.3 Å². The van der Waals surface area contributed by atoms with Gasteiger partial charge in [0.05, 0.1) is 30.5 Å². The van der Waals surface area contributed by atoms with Crippen LogP contribution in [0.5, 0.6) is 0 Å². The van der Waals surface area contributed by atoms with E-state index >= 15 is 0 Å². The van der Waals surface area contributed by atoms with E-state index in [0.29, 0.717) is 5.02 Å². The van der Waals surface area contributed by atoms with Crippen molar-refractivity contribution in [3.8, 4) is 16.8 Å². The Bertz CT molecular complexity index is 1700. The molecule has 2 aromatic carbocycles. The van der Waals surface area contributed by atoms with Gasteiger partial charge in [0.25, 0.3) is 10.1 Å². The van der Waals surface area contributed by atoms with Crippen molar-refractivity contribution in [1.82, 2.24) is 24.5 Å². The van der Waals surface area contributed by atoms with Gasteiger partial charge in [-0.2, -0.15) is 13.5 Å². The normalized spacial score (nSPS) is 15.3. The van der Waals surface area contributed by atoms with E-state index in [0.717, 1.165) is 103 Å². The lowest BCUT2D eigenvalue weighted by Gasteiger charge is -2.14. The number of aryl methyl sites for hydroxylation is 2. The first-order chi connectivity index (χ1) is 19.7. The molecular weight excluding hydrogens is 560 g/mol. The zero-order valence-corrected chi connectivity index (χ0v) is 24.8. The molecule has 1 aliphatic carbocycles. The molecule has 0 atom stereocenters. The molecule has 6 rings (SSSR count). The SMILES string of the molecule is Cc1nnc2n1-c1ccc(-c3cnn(CCCCCCCOS(C)(=O)=O)c3)cc1C(c1ccc(Cl)cc1)=NC21CC1. The van der Waals surface area contributed by atoms with Crippen LogP contribution < -0.4 is 0 Å². The molecular formula is C30H33ClN6O3S. The topological polar surface area (TPSA) is 104 Å². The van der Waals surface area contributed by atoms with Gasteiger partial charge < -0.3 is 0 Å². The summed E-state index contributed by atoms with van der Waals surface area (Å²) in [4.78, 5) is 5.34. The van der Waals surface area contributed by atoms with Gasteiger partial charge >= 0.3 is 0 Å². The number of unbranched alkanes of at least 4 members (excludes halogenated alkanes) is 4. The van der Waals surface area contributed by atoms with Gasteiger partial charge in [-0.1, -0.05) is 49.1 Å². The van der Waals surface area contributed by atoms with Gasteiger partial charge in [-0.3, -0.25) is 18.4 Å². The molecule has 0 amide bonds. The molecule has 0 radical (unpaired) electrons. The number of benzene rings is 2. The monoisotopic (exact) mass is 592 g/mol. The van der Waals surface area contributed by atoms with Crippen LogP contribution >= 0.6 is 11.6 Å². The smallest absolute Gasteiger partial charge is 0.264 e. The van der Waals surface area contributed by atoms with Gasteiger partial charge in [-0.05, 0) is 62.4 Å². The summed E-state index contributed by atoms with van der Waals surface area (Å²) >= 11 is 6.23. The third-order valence-corrected chi connectivity index (χ3v) is 8.54. The Morgan fingerprint density at radius 1 is 0.951 bits per heavy atom. The van der Waals surface area contributed by atoms with E-state index in [4.69, 9.17) is 20.8 Å². The predicted molar refractivity (Wildman–Crippen MR) is 159 cm³/mol. The first-order valence-electron chi connectivity index (χ1n) is 14.0. The van der Waals surface area contributed by atoms with Crippen molar-refractivity contribution in [2.45, 2.75) is 64.0 Å². The van der Waals surface area contributed by atoms with Crippen LogP contribution in [0.2, 0.25) is 5.02 Å². The highest BCUT2D eigenvalue weighted by Gasteiger charge is 2.51. The lowest BCUT2D eigenvalue weighted by molar-refractivity contribution is 0.309. The Morgan fingerprint density at radius 2 is 1.68 bits per heavy atom. The van der Waals surface area contributed by atoms with Crippen LogP contribution in [0.1, 0.15) is 67.7 Å². The molecule has 1 aliphatic heterocycles. The van der Waals surface area contributed by atoms with Gasteiger partial charge in [0, 0.05) is 34.5 Å². The number of aliphatic imine (C=N–C) groups is 1. The van der Waals surface area contributed by atoms with Crippen LogP contribution in [-0.4, -0.2) is 51.5 Å². The minimum absolute atomic E-state index is 0.256. The van der Waals surface area contributed by atoms with Gasteiger partial charge in [0.1, 0.15) is 11.4 Å². The Morgan fingerprint density at radius 3 is 2.44 bits per heavy atom. The standard InChI is InChI=1S/C30H33ClN6O3S/c1-21-34-35-29-30(14-15-30)33-28(22-8-11-25(31)12-9-22)26-18-23(10-13-27(26)37(21)29)24-19-32-36(20-24)16-6-4-3-5-7-17-40-41(2,38)39/h8-13,18-20H,3-7,14-17H2,1-2H3. The number of nitrogens with zero attached hydrogens (tertiary/aromatic N) is 6. The molecule has 1 fully saturated rings. The Labute approximate surface area is 245 Å². The molecule has 1 saturated carbocycles. The van der Waals surface area contributed by atoms with Crippen molar-refractivity contribution in [2.75, 3.05) is 12.9 Å². The van der Waals surface area contributed by atoms with Gasteiger partial charge in [0.15, 0.2) is 5.82 Å². The number of halogens is 1. The predicted octanol–water partition coefficient (Wildman–Crippen LogP) is 5.86. The van der Waals surface area contributed by atoms with Crippen molar-refractivity contribution in [3.05, 3.63) is 82.7 Å². The van der Waals surface area contributed by atoms with Gasteiger partial charge in [-0.25, -0.2) is 0 Å². The van der Waals surface area contributed by atoms with Crippen LogP contribution in [0.4, 0.5) is 0 Å². The van der Waals surface area contributed by atoms with Gasteiger partial charge in [0.2, 0.25) is 0 Å². The molecule has 0 unspecified atom stereocenters. The maximum Gasteiger partial charge on any atom is 0.264 e. The number of hydrogen-bond donors (Lipinski definition) is 0. The first kappa shape index (κ1) is 27.8. The lowest BCUT2D eigenvalue weighted by Crippen LogP contribution is -2.11. The number of hydrogen-bond acceptors (Lipinski definition) is 7. The molecule has 41 heavy (non-hydrogen) atoms.